The number of unbranched alkanes of at least 4 members (excludes halogenated alkanes) is 1. The Balaban J connectivity index is 1.40. The molecule has 0 aliphatic heterocycles. The van der Waals surface area contributed by atoms with Crippen molar-refractivity contribution in [3.05, 3.63) is 94.8 Å². The van der Waals surface area contributed by atoms with E-state index in [9.17, 15) is 4.79 Å². The Bertz CT molecular complexity index is 1270. The minimum atomic E-state index is -0.205. The molecule has 0 spiro atoms. The van der Waals surface area contributed by atoms with Gasteiger partial charge in [0.05, 0.1) is 35.1 Å². The number of amides is 1. The van der Waals surface area contributed by atoms with Gasteiger partial charge in [-0.05, 0) is 62.1 Å². The molecule has 0 radical (unpaired) electrons. The van der Waals surface area contributed by atoms with Gasteiger partial charge in [-0.3, -0.25) is 4.79 Å². The van der Waals surface area contributed by atoms with Crippen molar-refractivity contribution in [1.29, 1.82) is 0 Å². The summed E-state index contributed by atoms with van der Waals surface area (Å²) in [5, 5.41) is 3.77. The van der Waals surface area contributed by atoms with Gasteiger partial charge in [0.1, 0.15) is 11.6 Å². The zero-order chi connectivity index (χ0) is 23.9. The normalized spacial score (nSPS) is 12.0. The smallest absolute Gasteiger partial charge is 0.225 e. The number of hydrogen-bond acceptors (Lipinski definition) is 3. The molecule has 1 aromatic heterocycles. The maximum absolute atomic E-state index is 12.8. The van der Waals surface area contributed by atoms with E-state index in [-0.39, 0.29) is 11.9 Å². The Hall–Kier alpha value is -3.31. The highest BCUT2D eigenvalue weighted by Gasteiger charge is 2.18. The molecule has 1 unspecified atom stereocenters. The number of carbonyl (C=O) groups excluding carboxylic acids is 1. The molecule has 176 valence electrons. The molecule has 0 fully saturated rings. The van der Waals surface area contributed by atoms with Gasteiger partial charge in [-0.2, -0.15) is 0 Å². The molecule has 4 aromatic rings. The number of nitrogens with one attached hydrogen (secondary N) is 1. The number of para-hydroxylation sites is 3. The molecule has 3 aromatic carbocycles. The van der Waals surface area contributed by atoms with Crippen molar-refractivity contribution < 1.29 is 9.53 Å². The molecule has 1 atom stereocenters. The maximum atomic E-state index is 12.8. The molecule has 0 aliphatic rings. The van der Waals surface area contributed by atoms with Gasteiger partial charge in [0, 0.05) is 6.54 Å². The Kier molecular flexibility index (Phi) is 7.86. The van der Waals surface area contributed by atoms with Crippen LogP contribution in [0.25, 0.3) is 11.0 Å². The number of fused-ring (bicyclic) bond motifs is 1. The third-order valence-electron chi connectivity index (χ3n) is 5.93. The van der Waals surface area contributed by atoms with Crippen LogP contribution < -0.4 is 10.1 Å². The molecule has 4 rings (SSSR count). The average molecular weight is 476 g/mol. The van der Waals surface area contributed by atoms with Crippen LogP contribution in [0.3, 0.4) is 0 Å². The zero-order valence-corrected chi connectivity index (χ0v) is 20.4. The molecule has 1 amide bonds. The lowest BCUT2D eigenvalue weighted by Crippen LogP contribution is -2.30. The number of carbonyl (C=O) groups is 1. The van der Waals surface area contributed by atoms with Crippen molar-refractivity contribution in [1.82, 2.24) is 14.9 Å². The third kappa shape index (κ3) is 5.78. The molecule has 0 saturated carbocycles. The van der Waals surface area contributed by atoms with E-state index in [0.717, 1.165) is 47.4 Å². The van der Waals surface area contributed by atoms with E-state index in [0.29, 0.717) is 23.8 Å². The van der Waals surface area contributed by atoms with Gasteiger partial charge in [0.25, 0.3) is 0 Å². The summed E-state index contributed by atoms with van der Waals surface area (Å²) in [6.07, 6.45) is 2.16. The second kappa shape index (κ2) is 11.2. The minimum Gasteiger partial charge on any atom is -0.492 e. The summed E-state index contributed by atoms with van der Waals surface area (Å²) in [6, 6.07) is 23.4. The highest BCUT2D eigenvalue weighted by molar-refractivity contribution is 6.32. The van der Waals surface area contributed by atoms with Gasteiger partial charge in [-0.25, -0.2) is 4.98 Å². The van der Waals surface area contributed by atoms with Gasteiger partial charge >= 0.3 is 0 Å². The number of aromatic nitrogens is 2. The van der Waals surface area contributed by atoms with Crippen LogP contribution in [-0.2, 0) is 17.8 Å². The lowest BCUT2D eigenvalue weighted by atomic mass is 10.1. The van der Waals surface area contributed by atoms with E-state index in [1.54, 1.807) is 0 Å². The molecule has 1 N–H and O–H groups in total. The van der Waals surface area contributed by atoms with Gasteiger partial charge in [0.2, 0.25) is 5.91 Å². The molecule has 0 saturated heterocycles. The first-order valence-corrected chi connectivity index (χ1v) is 12.1. The molecular formula is C28H30ClN3O2. The summed E-state index contributed by atoms with van der Waals surface area (Å²) in [5.74, 6) is 1.57. The lowest BCUT2D eigenvalue weighted by Gasteiger charge is -2.17. The van der Waals surface area contributed by atoms with E-state index in [2.05, 4.69) is 16.0 Å². The first-order valence-electron chi connectivity index (χ1n) is 11.7. The molecule has 5 nitrogen and oxygen atoms in total. The number of benzene rings is 3. The summed E-state index contributed by atoms with van der Waals surface area (Å²) < 4.78 is 8.04. The SMILES string of the molecule is Cc1ccccc1CC(=O)NC(C)c1nc2ccccc2n1CCCCOc1ccccc1Cl. The number of aryl methyl sites for hydroxylation is 2. The van der Waals surface area contributed by atoms with Crippen LogP contribution in [0.4, 0.5) is 0 Å². The molecular weight excluding hydrogens is 446 g/mol. The fourth-order valence-electron chi connectivity index (χ4n) is 4.11. The fraction of sp³-hybridized carbons (Fsp3) is 0.286. The van der Waals surface area contributed by atoms with Gasteiger partial charge in [-0.1, -0.05) is 60.1 Å². The second-order valence-electron chi connectivity index (χ2n) is 8.49. The summed E-state index contributed by atoms with van der Waals surface area (Å²) >= 11 is 6.17. The van der Waals surface area contributed by atoms with Crippen LogP contribution in [0.2, 0.25) is 5.02 Å². The van der Waals surface area contributed by atoms with E-state index in [1.165, 1.54) is 0 Å². The number of ether oxygens (including phenoxy) is 1. The number of nitrogens with zero attached hydrogens (tertiary/aromatic N) is 2. The van der Waals surface area contributed by atoms with Crippen molar-refractivity contribution in [2.24, 2.45) is 0 Å². The summed E-state index contributed by atoms with van der Waals surface area (Å²) in [6.45, 7) is 5.41. The molecule has 0 bridgehead atoms. The van der Waals surface area contributed by atoms with Gasteiger partial charge < -0.3 is 14.6 Å². The van der Waals surface area contributed by atoms with Crippen LogP contribution in [0, 0.1) is 6.92 Å². The van der Waals surface area contributed by atoms with Crippen LogP contribution >= 0.6 is 11.6 Å². The predicted octanol–water partition coefficient (Wildman–Crippen LogP) is 6.28. The van der Waals surface area contributed by atoms with E-state index in [4.69, 9.17) is 21.3 Å². The third-order valence-corrected chi connectivity index (χ3v) is 6.24. The van der Waals surface area contributed by atoms with Crippen molar-refractivity contribution in [3.8, 4) is 5.75 Å². The van der Waals surface area contributed by atoms with Crippen molar-refractivity contribution >= 4 is 28.5 Å². The lowest BCUT2D eigenvalue weighted by molar-refractivity contribution is -0.121. The number of imidazole rings is 1. The van der Waals surface area contributed by atoms with Gasteiger partial charge in [-0.15, -0.1) is 0 Å². The molecule has 6 heteroatoms. The molecule has 1 heterocycles. The van der Waals surface area contributed by atoms with Crippen molar-refractivity contribution in [3.63, 3.8) is 0 Å². The maximum Gasteiger partial charge on any atom is 0.225 e. The summed E-state index contributed by atoms with van der Waals surface area (Å²) in [5.41, 5.74) is 4.17. The van der Waals surface area contributed by atoms with Crippen LogP contribution in [0.5, 0.6) is 5.75 Å². The topological polar surface area (TPSA) is 56.2 Å². The highest BCUT2D eigenvalue weighted by Crippen LogP contribution is 2.24. The Morgan fingerprint density at radius 2 is 1.76 bits per heavy atom. The van der Waals surface area contributed by atoms with Crippen molar-refractivity contribution in [2.45, 2.75) is 45.7 Å². The minimum absolute atomic E-state index is 0.00598. The molecule has 0 aliphatic carbocycles. The van der Waals surface area contributed by atoms with E-state index < -0.39 is 0 Å². The number of rotatable bonds is 10. The van der Waals surface area contributed by atoms with E-state index in [1.807, 2.05) is 80.6 Å². The highest BCUT2D eigenvalue weighted by atomic mass is 35.5. The van der Waals surface area contributed by atoms with Gasteiger partial charge in [0.15, 0.2) is 0 Å². The standard InChI is InChI=1S/C28H30ClN3O2/c1-20-11-3-4-12-22(20)19-27(33)30-21(2)28-31-24-14-6-7-15-25(24)32(28)17-9-10-18-34-26-16-8-5-13-23(26)29/h3-8,11-16,21H,9-10,17-19H2,1-2H3,(H,30,33). The summed E-state index contributed by atoms with van der Waals surface area (Å²) in [7, 11) is 0. The Morgan fingerprint density at radius 1 is 1.03 bits per heavy atom. The largest absolute Gasteiger partial charge is 0.492 e. The Morgan fingerprint density at radius 3 is 2.59 bits per heavy atom. The number of halogens is 1. The fourth-order valence-corrected chi connectivity index (χ4v) is 4.30. The molecule has 34 heavy (non-hydrogen) atoms. The van der Waals surface area contributed by atoms with Crippen molar-refractivity contribution in [2.75, 3.05) is 6.61 Å². The van der Waals surface area contributed by atoms with E-state index >= 15 is 0 Å². The quantitative estimate of drug-likeness (QED) is 0.275. The first-order chi connectivity index (χ1) is 16.5. The predicted molar refractivity (Wildman–Crippen MR) is 137 cm³/mol. The summed E-state index contributed by atoms with van der Waals surface area (Å²) in [4.78, 5) is 17.6. The van der Waals surface area contributed by atoms with Crippen LogP contribution in [0.15, 0.2) is 72.8 Å². The number of hydrogen-bond donors (Lipinski definition) is 1. The average Bonchev–Trinajstić information content (AvgIpc) is 3.20. The van der Waals surface area contributed by atoms with Crippen LogP contribution in [0.1, 0.15) is 42.8 Å². The second-order valence-corrected chi connectivity index (χ2v) is 8.90. The van der Waals surface area contributed by atoms with Crippen LogP contribution in [-0.4, -0.2) is 22.1 Å². The zero-order valence-electron chi connectivity index (χ0n) is 19.6. The monoisotopic (exact) mass is 475 g/mol. The Labute approximate surface area is 205 Å². The first kappa shape index (κ1) is 23.8.